The van der Waals surface area contributed by atoms with Crippen molar-refractivity contribution in [1.29, 1.82) is 0 Å². The van der Waals surface area contributed by atoms with Crippen LogP contribution in [0.2, 0.25) is 0 Å². The fraction of sp³-hybridized carbons (Fsp3) is 0.429. The quantitative estimate of drug-likeness (QED) is 0.519. The monoisotopic (exact) mass is 403 g/mol. The van der Waals surface area contributed by atoms with Crippen molar-refractivity contribution in [2.75, 3.05) is 61.1 Å². The molecular formula is C21H29N3O5. The molecule has 1 aliphatic rings. The van der Waals surface area contributed by atoms with E-state index in [0.29, 0.717) is 50.0 Å². The van der Waals surface area contributed by atoms with E-state index in [-0.39, 0.29) is 11.8 Å². The zero-order valence-electron chi connectivity index (χ0n) is 17.4. The Morgan fingerprint density at radius 2 is 1.62 bits per heavy atom. The Kier molecular flexibility index (Phi) is 8.54. The second-order valence-electron chi connectivity index (χ2n) is 6.45. The first kappa shape index (κ1) is 22.3. The summed E-state index contributed by atoms with van der Waals surface area (Å²) in [6.07, 6.45) is 6.90. The number of nitrogens with zero attached hydrogens (tertiary/aromatic N) is 2. The molecular weight excluding hydrogens is 374 g/mol. The van der Waals surface area contributed by atoms with E-state index >= 15 is 0 Å². The number of amides is 2. The Balaban J connectivity index is 1.92. The highest BCUT2D eigenvalue weighted by molar-refractivity contribution is 5.88. The predicted octanol–water partition coefficient (Wildman–Crippen LogP) is 1.17. The molecule has 0 bridgehead atoms. The lowest BCUT2D eigenvalue weighted by Crippen LogP contribution is -2.50. The Morgan fingerprint density at radius 1 is 1.00 bits per heavy atom. The van der Waals surface area contributed by atoms with Gasteiger partial charge in [0.2, 0.25) is 17.6 Å². The normalized spacial score (nSPS) is 15.0. The zero-order valence-corrected chi connectivity index (χ0v) is 17.4. The van der Waals surface area contributed by atoms with Crippen molar-refractivity contribution in [1.82, 2.24) is 15.1 Å². The Morgan fingerprint density at radius 3 is 2.14 bits per heavy atom. The van der Waals surface area contributed by atoms with E-state index in [1.165, 1.54) is 0 Å². The summed E-state index contributed by atoms with van der Waals surface area (Å²) in [5.41, 5.74) is 0.861. The summed E-state index contributed by atoms with van der Waals surface area (Å²) in [6.45, 7) is 2.96. The third kappa shape index (κ3) is 6.25. The predicted molar refractivity (Wildman–Crippen MR) is 111 cm³/mol. The SMILES string of the molecule is CNC(=O)CN1CCN(C(=O)/C=C/C=C/c2cc(OC)c(OC)c(OC)c2)CC1. The molecule has 1 fully saturated rings. The molecule has 0 aliphatic carbocycles. The van der Waals surface area contributed by atoms with Gasteiger partial charge in [0, 0.05) is 39.3 Å². The number of carbonyl (C=O) groups is 2. The number of hydrogen-bond acceptors (Lipinski definition) is 6. The molecule has 0 saturated carbocycles. The van der Waals surface area contributed by atoms with Crippen LogP contribution >= 0.6 is 0 Å². The highest BCUT2D eigenvalue weighted by atomic mass is 16.5. The minimum Gasteiger partial charge on any atom is -0.493 e. The van der Waals surface area contributed by atoms with Crippen LogP contribution in [0.25, 0.3) is 6.08 Å². The van der Waals surface area contributed by atoms with Crippen LogP contribution in [0, 0.1) is 0 Å². The Labute approximate surface area is 171 Å². The molecule has 0 aromatic heterocycles. The number of methoxy groups -OCH3 is 3. The van der Waals surface area contributed by atoms with Crippen molar-refractivity contribution in [3.8, 4) is 17.2 Å². The maximum Gasteiger partial charge on any atom is 0.246 e. The number of carbonyl (C=O) groups excluding carboxylic acids is 2. The minimum atomic E-state index is -0.0425. The molecule has 29 heavy (non-hydrogen) atoms. The van der Waals surface area contributed by atoms with Crippen LogP contribution in [0.5, 0.6) is 17.2 Å². The van der Waals surface area contributed by atoms with Crippen LogP contribution in [0.4, 0.5) is 0 Å². The van der Waals surface area contributed by atoms with Gasteiger partial charge in [-0.3, -0.25) is 14.5 Å². The number of allylic oxidation sites excluding steroid dienone is 2. The second kappa shape index (κ2) is 11.1. The molecule has 0 spiro atoms. The van der Waals surface area contributed by atoms with E-state index in [4.69, 9.17) is 14.2 Å². The van der Waals surface area contributed by atoms with Crippen LogP contribution in [0.15, 0.2) is 30.4 Å². The number of piperazine rings is 1. The topological polar surface area (TPSA) is 80.3 Å². The summed E-state index contributed by atoms with van der Waals surface area (Å²) in [5.74, 6) is 1.62. The molecule has 1 aliphatic heterocycles. The van der Waals surface area contributed by atoms with Crippen LogP contribution < -0.4 is 19.5 Å². The highest BCUT2D eigenvalue weighted by Crippen LogP contribution is 2.38. The first-order valence-electron chi connectivity index (χ1n) is 9.39. The number of hydrogen-bond donors (Lipinski definition) is 1. The van der Waals surface area contributed by atoms with Crippen molar-refractivity contribution in [2.24, 2.45) is 0 Å². The number of ether oxygens (including phenoxy) is 3. The second-order valence-corrected chi connectivity index (χ2v) is 6.45. The van der Waals surface area contributed by atoms with E-state index in [1.54, 1.807) is 51.5 Å². The van der Waals surface area contributed by atoms with E-state index in [9.17, 15) is 9.59 Å². The summed E-state index contributed by atoms with van der Waals surface area (Å²) < 4.78 is 16.0. The van der Waals surface area contributed by atoms with Crippen molar-refractivity contribution in [3.05, 3.63) is 35.9 Å². The maximum absolute atomic E-state index is 12.3. The summed E-state index contributed by atoms with van der Waals surface area (Å²) in [7, 11) is 6.32. The molecule has 0 radical (unpaired) electrons. The fourth-order valence-corrected chi connectivity index (χ4v) is 3.02. The van der Waals surface area contributed by atoms with Gasteiger partial charge >= 0.3 is 0 Å². The van der Waals surface area contributed by atoms with Gasteiger partial charge in [-0.05, 0) is 17.7 Å². The van der Waals surface area contributed by atoms with Gasteiger partial charge in [0.05, 0.1) is 27.9 Å². The van der Waals surface area contributed by atoms with E-state index < -0.39 is 0 Å². The van der Waals surface area contributed by atoms with E-state index in [1.807, 2.05) is 23.1 Å². The first-order chi connectivity index (χ1) is 14.0. The van der Waals surface area contributed by atoms with Gasteiger partial charge in [0.15, 0.2) is 11.5 Å². The molecule has 8 heteroatoms. The Hall–Kier alpha value is -3.00. The number of likely N-dealkylation sites (N-methyl/N-ethyl adjacent to an activating group) is 1. The molecule has 8 nitrogen and oxygen atoms in total. The zero-order chi connectivity index (χ0) is 21.2. The van der Waals surface area contributed by atoms with Gasteiger partial charge in [-0.1, -0.05) is 18.2 Å². The van der Waals surface area contributed by atoms with Gasteiger partial charge in [-0.2, -0.15) is 0 Å². The van der Waals surface area contributed by atoms with E-state index in [2.05, 4.69) is 5.32 Å². The molecule has 1 N–H and O–H groups in total. The first-order valence-corrected chi connectivity index (χ1v) is 9.39. The minimum absolute atomic E-state index is 0.0124. The molecule has 0 unspecified atom stereocenters. The average Bonchev–Trinajstić information content (AvgIpc) is 2.76. The van der Waals surface area contributed by atoms with Crippen LogP contribution in [-0.2, 0) is 9.59 Å². The van der Waals surface area contributed by atoms with Crippen molar-refractivity contribution < 1.29 is 23.8 Å². The largest absolute Gasteiger partial charge is 0.493 e. The lowest BCUT2D eigenvalue weighted by molar-refractivity contribution is -0.128. The van der Waals surface area contributed by atoms with Crippen molar-refractivity contribution >= 4 is 17.9 Å². The highest BCUT2D eigenvalue weighted by Gasteiger charge is 2.20. The van der Waals surface area contributed by atoms with Gasteiger partial charge in [-0.25, -0.2) is 0 Å². The third-order valence-corrected chi connectivity index (χ3v) is 4.66. The van der Waals surface area contributed by atoms with Gasteiger partial charge < -0.3 is 24.4 Å². The van der Waals surface area contributed by atoms with Gasteiger partial charge in [-0.15, -0.1) is 0 Å². The molecule has 1 aromatic carbocycles. The summed E-state index contributed by atoms with van der Waals surface area (Å²) >= 11 is 0. The Bertz CT molecular complexity index is 743. The summed E-state index contributed by atoms with van der Waals surface area (Å²) in [6, 6.07) is 3.67. The molecule has 158 valence electrons. The molecule has 1 saturated heterocycles. The van der Waals surface area contributed by atoms with Crippen molar-refractivity contribution in [2.45, 2.75) is 0 Å². The number of benzene rings is 1. The third-order valence-electron chi connectivity index (χ3n) is 4.66. The molecule has 2 amide bonds. The standard InChI is InChI=1S/C21H29N3O5/c1-22-19(25)15-23-9-11-24(12-10-23)20(26)8-6-5-7-16-13-17(27-2)21(29-4)18(14-16)28-3/h5-8,13-14H,9-12,15H2,1-4H3,(H,22,25)/b7-5+,8-6+. The molecule has 0 atom stereocenters. The van der Waals surface area contributed by atoms with Crippen molar-refractivity contribution in [3.63, 3.8) is 0 Å². The maximum atomic E-state index is 12.3. The fourth-order valence-electron chi connectivity index (χ4n) is 3.02. The molecule has 1 heterocycles. The van der Waals surface area contributed by atoms with Crippen LogP contribution in [-0.4, -0.2) is 82.7 Å². The van der Waals surface area contributed by atoms with Crippen LogP contribution in [0.3, 0.4) is 0 Å². The smallest absolute Gasteiger partial charge is 0.246 e. The molecule has 2 rings (SSSR count). The van der Waals surface area contributed by atoms with E-state index in [0.717, 1.165) is 5.56 Å². The number of rotatable bonds is 8. The summed E-state index contributed by atoms with van der Waals surface area (Å²) in [4.78, 5) is 27.6. The number of nitrogens with one attached hydrogen (secondary N) is 1. The van der Waals surface area contributed by atoms with Gasteiger partial charge in [0.1, 0.15) is 0 Å². The lowest BCUT2D eigenvalue weighted by atomic mass is 10.1. The summed E-state index contributed by atoms with van der Waals surface area (Å²) in [5, 5.41) is 2.61. The van der Waals surface area contributed by atoms with Crippen LogP contribution in [0.1, 0.15) is 5.56 Å². The van der Waals surface area contributed by atoms with Gasteiger partial charge in [0.25, 0.3) is 0 Å². The lowest BCUT2D eigenvalue weighted by Gasteiger charge is -2.33. The average molecular weight is 403 g/mol. The molecule has 1 aromatic rings.